The van der Waals surface area contributed by atoms with Crippen LogP contribution in [0.25, 0.3) is 5.82 Å². The third-order valence-corrected chi connectivity index (χ3v) is 5.22. The van der Waals surface area contributed by atoms with Crippen molar-refractivity contribution >= 4 is 29.2 Å². The monoisotopic (exact) mass is 440 g/mol. The minimum absolute atomic E-state index is 0.203. The highest BCUT2D eigenvalue weighted by Crippen LogP contribution is 2.20. The summed E-state index contributed by atoms with van der Waals surface area (Å²) in [6, 6.07) is 5.27. The number of rotatable bonds is 6. The first-order chi connectivity index (χ1) is 15.0. The van der Waals surface area contributed by atoms with Crippen molar-refractivity contribution in [2.75, 3.05) is 13.2 Å². The van der Waals surface area contributed by atoms with Gasteiger partial charge in [0.25, 0.3) is 11.9 Å². The van der Waals surface area contributed by atoms with Gasteiger partial charge in [0.05, 0.1) is 25.5 Å². The average molecular weight is 441 g/mol. The van der Waals surface area contributed by atoms with Crippen molar-refractivity contribution in [3.63, 3.8) is 0 Å². The van der Waals surface area contributed by atoms with Crippen molar-refractivity contribution in [1.29, 1.82) is 0 Å². The lowest BCUT2D eigenvalue weighted by molar-refractivity contribution is 0.0946. The van der Waals surface area contributed by atoms with E-state index in [9.17, 15) is 9.90 Å². The topological polar surface area (TPSA) is 115 Å². The Morgan fingerprint density at radius 1 is 1.39 bits per heavy atom. The van der Waals surface area contributed by atoms with Gasteiger partial charge in [0.15, 0.2) is 0 Å². The van der Waals surface area contributed by atoms with Crippen LogP contribution < -0.4 is 5.32 Å². The Kier molecular flexibility index (Phi) is 6.36. The first-order valence-corrected chi connectivity index (χ1v) is 10.1. The molecular weight excluding hydrogens is 420 g/mol. The molecule has 0 aliphatic carbocycles. The van der Waals surface area contributed by atoms with Crippen LogP contribution in [0, 0.1) is 6.92 Å². The molecule has 3 aromatic rings. The molecule has 1 saturated heterocycles. The van der Waals surface area contributed by atoms with E-state index in [1.165, 1.54) is 6.33 Å². The summed E-state index contributed by atoms with van der Waals surface area (Å²) in [5.74, 6) is 0.591. The number of carbonyl (C=O) groups excluding carboxylic acids is 1. The molecule has 3 heterocycles. The highest BCUT2D eigenvalue weighted by atomic mass is 35.5. The number of aliphatic hydroxyl groups excluding tert-OH is 1. The average Bonchev–Trinajstić information content (AvgIpc) is 3.46. The van der Waals surface area contributed by atoms with Gasteiger partial charge in [0.2, 0.25) is 0 Å². The Balaban J connectivity index is 1.50. The second kappa shape index (κ2) is 9.34. The number of hydrogen-bond acceptors (Lipinski definition) is 7. The Labute approximate surface area is 183 Å². The van der Waals surface area contributed by atoms with Crippen LogP contribution in [0.4, 0.5) is 5.95 Å². The summed E-state index contributed by atoms with van der Waals surface area (Å²) in [4.78, 5) is 30.0. The van der Waals surface area contributed by atoms with Crippen molar-refractivity contribution in [3.8, 4) is 5.82 Å². The predicted molar refractivity (Wildman–Crippen MR) is 115 cm³/mol. The van der Waals surface area contributed by atoms with Crippen LogP contribution in [0.5, 0.6) is 0 Å². The Morgan fingerprint density at radius 3 is 3.03 bits per heavy atom. The summed E-state index contributed by atoms with van der Waals surface area (Å²) in [6.07, 6.45) is 5.59. The van der Waals surface area contributed by atoms with Crippen molar-refractivity contribution in [1.82, 2.24) is 24.8 Å². The number of aliphatic hydroxyl groups is 1. The molecule has 4 rings (SSSR count). The van der Waals surface area contributed by atoms with Gasteiger partial charge in [-0.2, -0.15) is 4.98 Å². The largest absolute Gasteiger partial charge is 0.392 e. The van der Waals surface area contributed by atoms with Gasteiger partial charge in [-0.1, -0.05) is 23.7 Å². The second-order valence-corrected chi connectivity index (χ2v) is 7.45. The first kappa shape index (κ1) is 21.1. The van der Waals surface area contributed by atoms with E-state index < -0.39 is 0 Å². The van der Waals surface area contributed by atoms with E-state index in [1.807, 2.05) is 6.92 Å². The smallest absolute Gasteiger partial charge is 0.271 e. The molecule has 0 spiro atoms. The molecule has 2 aromatic heterocycles. The number of halogens is 1. The van der Waals surface area contributed by atoms with Crippen LogP contribution in [0.1, 0.15) is 33.6 Å². The maximum absolute atomic E-state index is 12.6. The molecule has 1 aliphatic heterocycles. The van der Waals surface area contributed by atoms with Crippen LogP contribution in [-0.4, -0.2) is 49.5 Å². The first-order valence-electron chi connectivity index (χ1n) is 9.72. The van der Waals surface area contributed by atoms with Gasteiger partial charge in [-0.3, -0.25) is 9.36 Å². The maximum atomic E-state index is 12.6. The van der Waals surface area contributed by atoms with E-state index in [-0.39, 0.29) is 24.8 Å². The number of hydrogen-bond donors (Lipinski definition) is 2. The molecule has 0 saturated carbocycles. The SMILES string of the molecule is Cc1cnc(/N=C2/CCOC2)nc1-n1cnc(C(=O)NCc2cccc(Cl)c2CO)c1. The molecule has 31 heavy (non-hydrogen) atoms. The molecule has 1 aromatic carbocycles. The number of imidazole rings is 1. The van der Waals surface area contributed by atoms with E-state index in [1.54, 1.807) is 35.2 Å². The van der Waals surface area contributed by atoms with Crippen LogP contribution in [0.15, 0.2) is 41.9 Å². The number of nitrogens with zero attached hydrogens (tertiary/aromatic N) is 5. The summed E-state index contributed by atoms with van der Waals surface area (Å²) in [5.41, 5.74) is 3.30. The van der Waals surface area contributed by atoms with Crippen LogP contribution in [0.2, 0.25) is 5.02 Å². The number of nitrogens with one attached hydrogen (secondary N) is 1. The lowest BCUT2D eigenvalue weighted by Gasteiger charge is -2.10. The van der Waals surface area contributed by atoms with Crippen LogP contribution in [0.3, 0.4) is 0 Å². The fourth-order valence-corrected chi connectivity index (χ4v) is 3.44. The molecule has 0 unspecified atom stereocenters. The molecule has 1 aliphatic rings. The number of benzene rings is 1. The van der Waals surface area contributed by atoms with Crippen molar-refractivity contribution in [2.24, 2.45) is 4.99 Å². The number of ether oxygens (including phenoxy) is 1. The van der Waals surface area contributed by atoms with E-state index in [4.69, 9.17) is 16.3 Å². The molecular formula is C21H21ClN6O3. The highest BCUT2D eigenvalue weighted by Gasteiger charge is 2.15. The summed E-state index contributed by atoms with van der Waals surface area (Å²) in [7, 11) is 0. The van der Waals surface area contributed by atoms with E-state index >= 15 is 0 Å². The van der Waals surface area contributed by atoms with Crippen molar-refractivity contribution < 1.29 is 14.6 Å². The van der Waals surface area contributed by atoms with E-state index in [0.29, 0.717) is 35.6 Å². The third-order valence-electron chi connectivity index (χ3n) is 4.87. The second-order valence-electron chi connectivity index (χ2n) is 7.04. The minimum Gasteiger partial charge on any atom is -0.392 e. The summed E-state index contributed by atoms with van der Waals surface area (Å²) in [5, 5.41) is 12.8. The van der Waals surface area contributed by atoms with Gasteiger partial charge in [-0.25, -0.2) is 15.0 Å². The molecule has 0 atom stereocenters. The van der Waals surface area contributed by atoms with E-state index in [2.05, 4.69) is 25.3 Å². The number of aliphatic imine (C=N–C) groups is 1. The summed E-state index contributed by atoms with van der Waals surface area (Å²) in [6.45, 7) is 3.04. The zero-order valence-electron chi connectivity index (χ0n) is 16.9. The minimum atomic E-state index is -0.349. The fraction of sp³-hybridized carbons (Fsp3) is 0.286. The van der Waals surface area contributed by atoms with E-state index in [0.717, 1.165) is 23.3 Å². The zero-order chi connectivity index (χ0) is 21.8. The van der Waals surface area contributed by atoms with Crippen LogP contribution in [-0.2, 0) is 17.9 Å². The van der Waals surface area contributed by atoms with Crippen molar-refractivity contribution in [3.05, 3.63) is 64.3 Å². The lowest BCUT2D eigenvalue weighted by atomic mass is 10.1. The molecule has 0 radical (unpaired) electrons. The Bertz CT molecular complexity index is 1140. The number of aromatic nitrogens is 4. The maximum Gasteiger partial charge on any atom is 0.271 e. The summed E-state index contributed by atoms with van der Waals surface area (Å²) >= 11 is 6.10. The van der Waals surface area contributed by atoms with Gasteiger partial charge in [0, 0.05) is 41.5 Å². The van der Waals surface area contributed by atoms with Crippen molar-refractivity contribution in [2.45, 2.75) is 26.5 Å². The zero-order valence-corrected chi connectivity index (χ0v) is 17.6. The van der Waals surface area contributed by atoms with Gasteiger partial charge in [-0.05, 0) is 18.6 Å². The Hall–Kier alpha value is -3.14. The lowest BCUT2D eigenvalue weighted by Crippen LogP contribution is -2.23. The fourth-order valence-electron chi connectivity index (χ4n) is 3.19. The predicted octanol–water partition coefficient (Wildman–Crippen LogP) is 2.54. The number of amides is 1. The quantitative estimate of drug-likeness (QED) is 0.608. The van der Waals surface area contributed by atoms with Gasteiger partial charge in [0.1, 0.15) is 17.8 Å². The Morgan fingerprint density at radius 2 is 2.26 bits per heavy atom. The third kappa shape index (κ3) is 4.79. The normalized spacial score (nSPS) is 14.9. The molecule has 10 heteroatoms. The van der Waals surface area contributed by atoms with Gasteiger partial charge in [-0.15, -0.1) is 0 Å². The number of aryl methyl sites for hydroxylation is 1. The molecule has 1 amide bonds. The van der Waals surface area contributed by atoms with Gasteiger partial charge < -0.3 is 15.2 Å². The van der Waals surface area contributed by atoms with Gasteiger partial charge >= 0.3 is 0 Å². The number of carbonyl (C=O) groups is 1. The standard InChI is InChI=1S/C21H21ClN6O3/c1-13-7-24-21(26-15-5-6-31-11-15)27-19(13)28-9-18(25-12-28)20(30)23-8-14-3-2-4-17(22)16(14)10-29/h2-4,7,9,12,29H,5-6,8,10-11H2,1H3,(H,23,30)/b26-15-. The molecule has 0 bridgehead atoms. The summed E-state index contributed by atoms with van der Waals surface area (Å²) < 4.78 is 6.97. The highest BCUT2D eigenvalue weighted by molar-refractivity contribution is 6.31. The molecule has 1 fully saturated rings. The molecule has 160 valence electrons. The van der Waals surface area contributed by atoms with Crippen LogP contribution >= 0.6 is 11.6 Å². The molecule has 9 nitrogen and oxygen atoms in total. The molecule has 2 N–H and O–H groups in total.